The van der Waals surface area contributed by atoms with Crippen LogP contribution in [0.4, 0.5) is 0 Å². The minimum absolute atomic E-state index is 0.224. The number of rotatable bonds is 1. The summed E-state index contributed by atoms with van der Waals surface area (Å²) in [6.07, 6.45) is 1.70. The SMILES string of the molecule is COc1ccc2c(c1)C(Cl)=CNC2Cl. The van der Waals surface area contributed by atoms with Gasteiger partial charge in [-0.1, -0.05) is 29.3 Å². The Kier molecular flexibility index (Phi) is 2.57. The molecule has 0 aliphatic carbocycles. The fraction of sp³-hybridized carbons (Fsp3) is 0.200. The Balaban J connectivity index is 2.53. The fourth-order valence-electron chi connectivity index (χ4n) is 1.40. The van der Waals surface area contributed by atoms with E-state index in [2.05, 4.69) is 5.32 Å². The minimum Gasteiger partial charge on any atom is -0.497 e. The predicted molar refractivity (Wildman–Crippen MR) is 58.6 cm³/mol. The van der Waals surface area contributed by atoms with Crippen LogP contribution in [-0.4, -0.2) is 7.11 Å². The molecule has 0 saturated carbocycles. The van der Waals surface area contributed by atoms with Gasteiger partial charge in [-0.25, -0.2) is 0 Å². The molecule has 74 valence electrons. The second-order valence-electron chi connectivity index (χ2n) is 2.97. The molecule has 0 amide bonds. The first-order valence-electron chi connectivity index (χ1n) is 4.16. The summed E-state index contributed by atoms with van der Waals surface area (Å²) in [5.41, 5.74) is 1.67. The van der Waals surface area contributed by atoms with E-state index in [4.69, 9.17) is 27.9 Å². The van der Waals surface area contributed by atoms with E-state index in [9.17, 15) is 0 Å². The lowest BCUT2D eigenvalue weighted by molar-refractivity contribution is 0.414. The normalized spacial score (nSPS) is 19.4. The number of hydrogen-bond donors (Lipinski definition) is 1. The highest BCUT2D eigenvalue weighted by Crippen LogP contribution is 2.35. The zero-order valence-corrected chi connectivity index (χ0v) is 9.06. The minimum atomic E-state index is -0.224. The molecule has 4 heteroatoms. The molecular formula is C10H9Cl2NO. The molecule has 1 aromatic rings. The van der Waals surface area contributed by atoms with Gasteiger partial charge in [-0.05, 0) is 17.7 Å². The summed E-state index contributed by atoms with van der Waals surface area (Å²) >= 11 is 12.1. The smallest absolute Gasteiger partial charge is 0.127 e. The van der Waals surface area contributed by atoms with Crippen LogP contribution in [0.15, 0.2) is 24.4 Å². The van der Waals surface area contributed by atoms with Gasteiger partial charge in [0.15, 0.2) is 0 Å². The number of benzene rings is 1. The van der Waals surface area contributed by atoms with E-state index in [0.29, 0.717) is 5.03 Å². The first-order valence-corrected chi connectivity index (χ1v) is 4.98. The summed E-state index contributed by atoms with van der Waals surface area (Å²) in [5.74, 6) is 0.779. The van der Waals surface area contributed by atoms with E-state index >= 15 is 0 Å². The average Bonchev–Trinajstić information content (AvgIpc) is 2.23. The number of methoxy groups -OCH3 is 1. The summed E-state index contributed by atoms with van der Waals surface area (Å²) in [5, 5.41) is 3.60. The Bertz CT molecular complexity index is 390. The molecule has 0 radical (unpaired) electrons. The summed E-state index contributed by atoms with van der Waals surface area (Å²) in [6.45, 7) is 0. The Hall–Kier alpha value is -0.860. The molecule has 2 nitrogen and oxygen atoms in total. The lowest BCUT2D eigenvalue weighted by atomic mass is 10.0. The first-order chi connectivity index (χ1) is 6.72. The van der Waals surface area contributed by atoms with Gasteiger partial charge in [-0.2, -0.15) is 0 Å². The number of halogens is 2. The predicted octanol–water partition coefficient (Wildman–Crippen LogP) is 3.07. The van der Waals surface area contributed by atoms with Crippen LogP contribution >= 0.6 is 23.2 Å². The Morgan fingerprint density at radius 2 is 2.21 bits per heavy atom. The topological polar surface area (TPSA) is 21.3 Å². The van der Waals surface area contributed by atoms with Crippen molar-refractivity contribution in [1.29, 1.82) is 0 Å². The molecule has 0 bridgehead atoms. The van der Waals surface area contributed by atoms with Crippen molar-refractivity contribution in [3.8, 4) is 5.75 Å². The molecule has 1 aliphatic heterocycles. The van der Waals surface area contributed by atoms with Gasteiger partial charge in [-0.3, -0.25) is 0 Å². The van der Waals surface area contributed by atoms with E-state index in [1.165, 1.54) is 0 Å². The number of hydrogen-bond acceptors (Lipinski definition) is 2. The van der Waals surface area contributed by atoms with Crippen molar-refractivity contribution in [2.75, 3.05) is 7.11 Å². The summed E-state index contributed by atoms with van der Waals surface area (Å²) < 4.78 is 5.11. The highest BCUT2D eigenvalue weighted by Gasteiger charge is 2.18. The molecule has 0 fully saturated rings. The van der Waals surface area contributed by atoms with Crippen molar-refractivity contribution in [1.82, 2.24) is 5.32 Å². The van der Waals surface area contributed by atoms with E-state index < -0.39 is 0 Å². The Labute approximate surface area is 92.5 Å². The van der Waals surface area contributed by atoms with Gasteiger partial charge < -0.3 is 10.1 Å². The number of fused-ring (bicyclic) bond motifs is 1. The van der Waals surface area contributed by atoms with Crippen LogP contribution in [-0.2, 0) is 0 Å². The maximum Gasteiger partial charge on any atom is 0.127 e. The molecule has 1 N–H and O–H groups in total. The van der Waals surface area contributed by atoms with Gasteiger partial charge in [0, 0.05) is 11.8 Å². The van der Waals surface area contributed by atoms with Gasteiger partial charge in [0.2, 0.25) is 0 Å². The van der Waals surface area contributed by atoms with E-state index in [1.54, 1.807) is 13.3 Å². The molecule has 0 saturated heterocycles. The Morgan fingerprint density at radius 3 is 2.93 bits per heavy atom. The van der Waals surface area contributed by atoms with Crippen LogP contribution in [0.5, 0.6) is 5.75 Å². The first kappa shape index (κ1) is 9.69. The van der Waals surface area contributed by atoms with Crippen molar-refractivity contribution in [2.24, 2.45) is 0 Å². The molecule has 2 rings (SSSR count). The zero-order valence-electron chi connectivity index (χ0n) is 7.55. The second-order valence-corrected chi connectivity index (χ2v) is 3.82. The zero-order chi connectivity index (χ0) is 10.1. The molecule has 0 spiro atoms. The lowest BCUT2D eigenvalue weighted by Gasteiger charge is -2.20. The van der Waals surface area contributed by atoms with Crippen molar-refractivity contribution < 1.29 is 4.74 Å². The third-order valence-electron chi connectivity index (χ3n) is 2.15. The van der Waals surface area contributed by atoms with Crippen LogP contribution in [0.3, 0.4) is 0 Å². The lowest BCUT2D eigenvalue weighted by Crippen LogP contribution is -2.15. The molecule has 1 aromatic carbocycles. The van der Waals surface area contributed by atoms with Gasteiger partial charge in [0.05, 0.1) is 12.1 Å². The number of alkyl halides is 1. The third kappa shape index (κ3) is 1.56. The van der Waals surface area contributed by atoms with Crippen molar-refractivity contribution >= 4 is 28.2 Å². The highest BCUT2D eigenvalue weighted by molar-refractivity contribution is 6.49. The highest BCUT2D eigenvalue weighted by atomic mass is 35.5. The van der Waals surface area contributed by atoms with E-state index in [-0.39, 0.29) is 5.50 Å². The van der Waals surface area contributed by atoms with Crippen molar-refractivity contribution in [3.05, 3.63) is 35.5 Å². The maximum atomic E-state index is 6.05. The van der Waals surface area contributed by atoms with Crippen LogP contribution in [0.1, 0.15) is 16.6 Å². The monoisotopic (exact) mass is 229 g/mol. The molecule has 0 aromatic heterocycles. The van der Waals surface area contributed by atoms with Gasteiger partial charge in [0.1, 0.15) is 11.3 Å². The van der Waals surface area contributed by atoms with Crippen molar-refractivity contribution in [3.63, 3.8) is 0 Å². The van der Waals surface area contributed by atoms with Crippen LogP contribution < -0.4 is 10.1 Å². The molecule has 1 atom stereocenters. The third-order valence-corrected chi connectivity index (χ3v) is 2.82. The molecule has 14 heavy (non-hydrogen) atoms. The number of nitrogens with one attached hydrogen (secondary N) is 1. The van der Waals surface area contributed by atoms with Crippen LogP contribution in [0.2, 0.25) is 0 Å². The molecule has 1 unspecified atom stereocenters. The maximum absolute atomic E-state index is 6.05. The van der Waals surface area contributed by atoms with Gasteiger partial charge >= 0.3 is 0 Å². The van der Waals surface area contributed by atoms with Crippen molar-refractivity contribution in [2.45, 2.75) is 5.50 Å². The number of ether oxygens (including phenoxy) is 1. The molecular weight excluding hydrogens is 221 g/mol. The second kappa shape index (κ2) is 3.71. The molecule has 1 aliphatic rings. The average molecular weight is 230 g/mol. The summed E-state index contributed by atoms with van der Waals surface area (Å²) in [6, 6.07) is 5.66. The standard InChI is InChI=1S/C10H9Cl2NO/c1-14-6-2-3-7-8(4-6)9(11)5-13-10(7)12/h2-5,10,13H,1H3. The Morgan fingerprint density at radius 1 is 1.43 bits per heavy atom. The van der Waals surface area contributed by atoms with Crippen LogP contribution in [0, 0.1) is 0 Å². The largest absolute Gasteiger partial charge is 0.497 e. The molecule has 1 heterocycles. The van der Waals surface area contributed by atoms with Crippen LogP contribution in [0.25, 0.3) is 5.03 Å². The van der Waals surface area contributed by atoms with E-state index in [1.807, 2.05) is 18.2 Å². The fourth-order valence-corrected chi connectivity index (χ4v) is 1.88. The van der Waals surface area contributed by atoms with Gasteiger partial charge in [0.25, 0.3) is 0 Å². The van der Waals surface area contributed by atoms with E-state index in [0.717, 1.165) is 16.9 Å². The summed E-state index contributed by atoms with van der Waals surface area (Å²) in [4.78, 5) is 0. The van der Waals surface area contributed by atoms with Gasteiger partial charge in [-0.15, -0.1) is 0 Å². The quantitative estimate of drug-likeness (QED) is 0.591. The summed E-state index contributed by atoms with van der Waals surface area (Å²) in [7, 11) is 1.62.